The van der Waals surface area contributed by atoms with Crippen LogP contribution in [-0.2, 0) is 11.3 Å². The highest BCUT2D eigenvalue weighted by Crippen LogP contribution is 2.34. The lowest BCUT2D eigenvalue weighted by Crippen LogP contribution is -2.52. The van der Waals surface area contributed by atoms with Crippen LogP contribution in [-0.4, -0.2) is 62.9 Å². The van der Waals surface area contributed by atoms with E-state index in [1.807, 2.05) is 60.1 Å². The molecule has 6 rings (SSSR count). The zero-order valence-electron chi connectivity index (χ0n) is 20.9. The average Bonchev–Trinajstić information content (AvgIpc) is 3.28. The van der Waals surface area contributed by atoms with Gasteiger partial charge in [-0.2, -0.15) is 5.10 Å². The summed E-state index contributed by atoms with van der Waals surface area (Å²) in [5, 5.41) is 8.84. The zero-order valence-corrected chi connectivity index (χ0v) is 20.9. The summed E-state index contributed by atoms with van der Waals surface area (Å²) in [6, 6.07) is 16.4. The second-order valence-corrected chi connectivity index (χ2v) is 9.93. The van der Waals surface area contributed by atoms with Crippen LogP contribution in [0.15, 0.2) is 54.9 Å². The lowest BCUT2D eigenvalue weighted by Gasteiger charge is -2.42. The molecular weight excluding hydrogens is 466 g/mol. The molecule has 1 amide bonds. The van der Waals surface area contributed by atoms with E-state index >= 15 is 0 Å². The first-order valence-corrected chi connectivity index (χ1v) is 12.8. The Morgan fingerprint density at radius 3 is 2.68 bits per heavy atom. The summed E-state index contributed by atoms with van der Waals surface area (Å²) in [7, 11) is 0. The Hall–Kier alpha value is -3.82. The minimum atomic E-state index is -0.0770. The Morgan fingerprint density at radius 2 is 1.92 bits per heavy atom. The average molecular weight is 498 g/mol. The fourth-order valence-corrected chi connectivity index (χ4v) is 5.29. The molecule has 1 unspecified atom stereocenters. The first-order chi connectivity index (χ1) is 18.1. The smallest absolute Gasteiger partial charge is 0.251 e. The number of aryl methyl sites for hydroxylation is 1. The molecule has 37 heavy (non-hydrogen) atoms. The van der Waals surface area contributed by atoms with Crippen molar-refractivity contribution in [3.05, 3.63) is 71.5 Å². The van der Waals surface area contributed by atoms with E-state index in [2.05, 4.69) is 20.2 Å². The van der Waals surface area contributed by atoms with Crippen molar-refractivity contribution in [2.75, 3.05) is 32.0 Å². The van der Waals surface area contributed by atoms with E-state index in [-0.39, 0.29) is 11.9 Å². The van der Waals surface area contributed by atoms with Gasteiger partial charge in [-0.25, -0.2) is 14.6 Å². The molecule has 2 aromatic carbocycles. The monoisotopic (exact) mass is 497 g/mol. The van der Waals surface area contributed by atoms with Crippen LogP contribution >= 0.6 is 0 Å². The number of rotatable bonds is 6. The van der Waals surface area contributed by atoms with E-state index in [0.29, 0.717) is 24.0 Å². The first kappa shape index (κ1) is 23.6. The van der Waals surface area contributed by atoms with Crippen LogP contribution < -0.4 is 11.1 Å². The topological polar surface area (TPSA) is 111 Å². The molecule has 190 valence electrons. The molecule has 0 spiro atoms. The molecule has 0 saturated carbocycles. The number of likely N-dealkylation sites (tertiary alicyclic amines) is 1. The number of hydrogen-bond donors (Lipinski definition) is 2. The number of nitrogens with one attached hydrogen (secondary N) is 1. The summed E-state index contributed by atoms with van der Waals surface area (Å²) in [5.41, 5.74) is 11.5. The molecule has 4 heterocycles. The van der Waals surface area contributed by atoms with Crippen molar-refractivity contribution in [1.82, 2.24) is 30.0 Å². The van der Waals surface area contributed by atoms with E-state index < -0.39 is 0 Å². The van der Waals surface area contributed by atoms with Crippen LogP contribution in [0, 0.1) is 6.92 Å². The van der Waals surface area contributed by atoms with Crippen LogP contribution in [0.4, 0.5) is 5.82 Å². The quantitative estimate of drug-likeness (QED) is 0.420. The van der Waals surface area contributed by atoms with Crippen molar-refractivity contribution >= 4 is 22.8 Å². The third kappa shape index (κ3) is 4.56. The molecule has 0 bridgehead atoms. The van der Waals surface area contributed by atoms with Gasteiger partial charge in [0, 0.05) is 24.2 Å². The summed E-state index contributed by atoms with van der Waals surface area (Å²) < 4.78 is 7.47. The van der Waals surface area contributed by atoms with Crippen molar-refractivity contribution in [3.63, 3.8) is 0 Å². The van der Waals surface area contributed by atoms with E-state index in [4.69, 9.17) is 15.6 Å². The summed E-state index contributed by atoms with van der Waals surface area (Å²) in [4.78, 5) is 23.9. The number of carbonyl (C=O) groups excluding carboxylic acids is 1. The zero-order chi connectivity index (χ0) is 25.4. The number of benzene rings is 2. The summed E-state index contributed by atoms with van der Waals surface area (Å²) in [6.07, 6.45) is 3.67. The Balaban J connectivity index is 1.24. The van der Waals surface area contributed by atoms with Gasteiger partial charge in [0.05, 0.1) is 30.7 Å². The lowest BCUT2D eigenvalue weighted by atomic mass is 10.0. The molecule has 2 aliphatic heterocycles. The third-order valence-corrected chi connectivity index (χ3v) is 7.50. The maximum atomic E-state index is 12.6. The number of piperidine rings is 1. The summed E-state index contributed by atoms with van der Waals surface area (Å²) in [5.74, 6) is 0.354. The summed E-state index contributed by atoms with van der Waals surface area (Å²) >= 11 is 0. The molecule has 4 aromatic rings. The van der Waals surface area contributed by atoms with Gasteiger partial charge in [0.2, 0.25) is 0 Å². The predicted octanol–water partition coefficient (Wildman–Crippen LogP) is 3.35. The molecule has 9 heteroatoms. The highest BCUT2D eigenvalue weighted by molar-refractivity contribution is 5.98. The molecule has 0 aliphatic carbocycles. The molecular formula is C28H31N7O2. The molecule has 0 radical (unpaired) electrons. The summed E-state index contributed by atoms with van der Waals surface area (Å²) in [6.45, 7) is 6.02. The van der Waals surface area contributed by atoms with Gasteiger partial charge >= 0.3 is 0 Å². The van der Waals surface area contributed by atoms with Gasteiger partial charge in [0.25, 0.3) is 5.91 Å². The number of anilines is 1. The van der Waals surface area contributed by atoms with E-state index in [1.54, 1.807) is 0 Å². The Bertz CT molecular complexity index is 1430. The van der Waals surface area contributed by atoms with E-state index in [0.717, 1.165) is 72.6 Å². The lowest BCUT2D eigenvalue weighted by molar-refractivity contribution is -0.0755. The Morgan fingerprint density at radius 1 is 1.11 bits per heavy atom. The number of nitrogens with zero attached hydrogens (tertiary/aromatic N) is 5. The first-order valence-electron chi connectivity index (χ1n) is 12.8. The van der Waals surface area contributed by atoms with Gasteiger partial charge in [0.15, 0.2) is 5.65 Å². The van der Waals surface area contributed by atoms with Crippen molar-refractivity contribution in [1.29, 1.82) is 0 Å². The van der Waals surface area contributed by atoms with Gasteiger partial charge in [-0.3, -0.25) is 9.69 Å². The largest absolute Gasteiger partial charge is 0.383 e. The normalized spacial score (nSPS) is 18.6. The van der Waals surface area contributed by atoms with Crippen molar-refractivity contribution < 1.29 is 9.53 Å². The van der Waals surface area contributed by atoms with Crippen molar-refractivity contribution in [2.45, 2.75) is 38.4 Å². The maximum absolute atomic E-state index is 12.6. The van der Waals surface area contributed by atoms with E-state index in [1.165, 1.54) is 6.33 Å². The van der Waals surface area contributed by atoms with Crippen LogP contribution in [0.1, 0.15) is 40.4 Å². The van der Waals surface area contributed by atoms with Crippen molar-refractivity contribution in [3.8, 4) is 11.3 Å². The number of aromatic nitrogens is 4. The molecule has 3 N–H and O–H groups in total. The van der Waals surface area contributed by atoms with Crippen LogP contribution in [0.2, 0.25) is 0 Å². The molecule has 2 aromatic heterocycles. The highest BCUT2D eigenvalue weighted by atomic mass is 16.5. The highest BCUT2D eigenvalue weighted by Gasteiger charge is 2.32. The number of ether oxygens (including phenoxy) is 1. The Labute approximate surface area is 215 Å². The minimum Gasteiger partial charge on any atom is -0.383 e. The molecule has 2 fully saturated rings. The second-order valence-electron chi connectivity index (χ2n) is 9.93. The molecule has 1 atom stereocenters. The molecule has 2 saturated heterocycles. The number of hydrogen-bond acceptors (Lipinski definition) is 7. The molecule has 9 nitrogen and oxygen atoms in total. The van der Waals surface area contributed by atoms with Crippen molar-refractivity contribution in [2.24, 2.45) is 0 Å². The number of fused-ring (bicyclic) bond motifs is 1. The van der Waals surface area contributed by atoms with Gasteiger partial charge in [0.1, 0.15) is 17.8 Å². The number of amides is 1. The maximum Gasteiger partial charge on any atom is 0.251 e. The number of nitrogen functional groups attached to an aromatic ring is 1. The SMILES string of the molecule is Cc1ccccc1C(=O)NCc1ccc(-c2nn(C3CCCN(C4COC4)C3)c3ncnc(N)c23)cc1. The number of nitrogens with two attached hydrogens (primary N) is 1. The van der Waals surface area contributed by atoms with Gasteiger partial charge in [-0.1, -0.05) is 42.5 Å². The molecule has 2 aliphatic rings. The minimum absolute atomic E-state index is 0.0770. The third-order valence-electron chi connectivity index (χ3n) is 7.50. The van der Waals surface area contributed by atoms with Gasteiger partial charge in [-0.15, -0.1) is 0 Å². The number of carbonyl (C=O) groups is 1. The second kappa shape index (κ2) is 9.91. The van der Waals surface area contributed by atoms with Crippen LogP contribution in [0.25, 0.3) is 22.3 Å². The van der Waals surface area contributed by atoms with Crippen LogP contribution in [0.5, 0.6) is 0 Å². The van der Waals surface area contributed by atoms with Crippen LogP contribution in [0.3, 0.4) is 0 Å². The van der Waals surface area contributed by atoms with E-state index in [9.17, 15) is 4.79 Å². The fourth-order valence-electron chi connectivity index (χ4n) is 5.29. The Kier molecular flexibility index (Phi) is 6.31. The predicted molar refractivity (Wildman–Crippen MR) is 142 cm³/mol. The fraction of sp³-hybridized carbons (Fsp3) is 0.357. The van der Waals surface area contributed by atoms with Gasteiger partial charge < -0.3 is 15.8 Å². The standard InChI is InChI=1S/C28H31N7O2/c1-18-5-2-3-7-23(18)28(36)30-13-19-8-10-20(11-9-19)25-24-26(29)31-17-32-27(24)35(33-25)21-6-4-12-34(14-21)22-15-37-16-22/h2-3,5,7-11,17,21-22H,4,6,12-16H2,1H3,(H,30,36)(H2,29,31,32). The van der Waals surface area contributed by atoms with Gasteiger partial charge in [-0.05, 0) is 43.5 Å².